The van der Waals surface area contributed by atoms with E-state index < -0.39 is 0 Å². The van der Waals surface area contributed by atoms with Crippen molar-refractivity contribution in [2.24, 2.45) is 11.7 Å². The second-order valence-electron chi connectivity index (χ2n) is 5.11. The number of nitrogens with zero attached hydrogens (tertiary/aromatic N) is 3. The Morgan fingerprint density at radius 1 is 1.32 bits per heavy atom. The highest BCUT2D eigenvalue weighted by molar-refractivity contribution is 9.10. The Balaban J connectivity index is 2.52. The van der Waals surface area contributed by atoms with Crippen LogP contribution < -0.4 is 5.73 Å². The molecule has 4 nitrogen and oxygen atoms in total. The minimum atomic E-state index is 0.412. The molecule has 0 saturated heterocycles. The van der Waals surface area contributed by atoms with Gasteiger partial charge in [0, 0.05) is 16.6 Å². The van der Waals surface area contributed by atoms with E-state index in [0.717, 1.165) is 28.2 Å². The smallest absolute Gasteiger partial charge is 0.164 e. The first-order valence-corrected chi connectivity index (χ1v) is 7.21. The summed E-state index contributed by atoms with van der Waals surface area (Å²) >= 11 is 3.48. The van der Waals surface area contributed by atoms with Gasteiger partial charge in [-0.15, -0.1) is 10.2 Å². The summed E-state index contributed by atoms with van der Waals surface area (Å²) in [6, 6.07) is 6.19. The zero-order valence-corrected chi connectivity index (χ0v) is 13.1. The Morgan fingerprint density at radius 3 is 2.63 bits per heavy atom. The van der Waals surface area contributed by atoms with Gasteiger partial charge in [0.25, 0.3) is 0 Å². The van der Waals surface area contributed by atoms with Gasteiger partial charge in [0.05, 0.1) is 6.54 Å². The molecule has 102 valence electrons. The molecule has 0 spiro atoms. The predicted octanol–water partition coefficient (Wildman–Crippen LogP) is 3.13. The van der Waals surface area contributed by atoms with Crippen molar-refractivity contribution < 1.29 is 0 Å². The average Bonchev–Trinajstić information content (AvgIpc) is 2.71. The second-order valence-corrected chi connectivity index (χ2v) is 6.02. The van der Waals surface area contributed by atoms with Crippen LogP contribution in [0.3, 0.4) is 0 Å². The van der Waals surface area contributed by atoms with Gasteiger partial charge in [-0.3, -0.25) is 0 Å². The number of halogens is 1. The molecule has 0 bridgehead atoms. The van der Waals surface area contributed by atoms with Gasteiger partial charge < -0.3 is 10.3 Å². The second kappa shape index (κ2) is 5.84. The molecule has 0 aliphatic heterocycles. The number of benzene rings is 1. The normalized spacial score (nSPS) is 11.3. The maximum Gasteiger partial charge on any atom is 0.164 e. The molecular weight excluding hydrogens is 304 g/mol. The number of hydrogen-bond donors (Lipinski definition) is 1. The summed E-state index contributed by atoms with van der Waals surface area (Å²) in [5, 5.41) is 8.52. The molecule has 0 radical (unpaired) electrons. The number of aryl methyl sites for hydroxylation is 1. The third-order valence-electron chi connectivity index (χ3n) is 2.99. The van der Waals surface area contributed by atoms with Crippen LogP contribution in [0, 0.1) is 12.8 Å². The monoisotopic (exact) mass is 322 g/mol. The van der Waals surface area contributed by atoms with E-state index in [-0.39, 0.29) is 0 Å². The van der Waals surface area contributed by atoms with Gasteiger partial charge in [0.1, 0.15) is 5.82 Å². The first-order valence-electron chi connectivity index (χ1n) is 6.41. The van der Waals surface area contributed by atoms with Gasteiger partial charge in [0.2, 0.25) is 0 Å². The minimum Gasteiger partial charge on any atom is -0.324 e. The summed E-state index contributed by atoms with van der Waals surface area (Å²) in [6.45, 7) is 7.73. The molecule has 0 aliphatic carbocycles. The van der Waals surface area contributed by atoms with Crippen molar-refractivity contribution in [2.45, 2.75) is 33.9 Å². The Hall–Kier alpha value is -1.20. The average molecular weight is 323 g/mol. The van der Waals surface area contributed by atoms with Crippen molar-refractivity contribution in [3.05, 3.63) is 34.1 Å². The third-order valence-corrected chi connectivity index (χ3v) is 3.48. The van der Waals surface area contributed by atoms with Gasteiger partial charge in [-0.05, 0) is 36.6 Å². The molecule has 0 aliphatic rings. The van der Waals surface area contributed by atoms with E-state index in [2.05, 4.69) is 63.6 Å². The molecular formula is C14H19BrN4. The van der Waals surface area contributed by atoms with Crippen LogP contribution in [0.1, 0.15) is 25.2 Å². The number of aromatic nitrogens is 3. The molecule has 2 rings (SSSR count). The lowest BCUT2D eigenvalue weighted by Gasteiger charge is -2.13. The van der Waals surface area contributed by atoms with Crippen molar-refractivity contribution in [2.75, 3.05) is 0 Å². The van der Waals surface area contributed by atoms with Crippen molar-refractivity contribution in [1.29, 1.82) is 0 Å². The van der Waals surface area contributed by atoms with Crippen LogP contribution in [0.5, 0.6) is 0 Å². The van der Waals surface area contributed by atoms with Crippen LogP contribution in [0.15, 0.2) is 22.7 Å². The molecule has 0 fully saturated rings. The van der Waals surface area contributed by atoms with Crippen LogP contribution in [-0.2, 0) is 13.1 Å². The van der Waals surface area contributed by atoms with Crippen LogP contribution >= 0.6 is 15.9 Å². The van der Waals surface area contributed by atoms with Crippen LogP contribution in [-0.4, -0.2) is 14.8 Å². The van der Waals surface area contributed by atoms with Gasteiger partial charge in [-0.2, -0.15) is 0 Å². The third kappa shape index (κ3) is 3.04. The highest BCUT2D eigenvalue weighted by atomic mass is 79.9. The Labute approximate surface area is 122 Å². The van der Waals surface area contributed by atoms with E-state index in [1.165, 1.54) is 5.56 Å². The molecule has 1 aromatic carbocycles. The van der Waals surface area contributed by atoms with Crippen LogP contribution in [0.2, 0.25) is 0 Å². The summed E-state index contributed by atoms with van der Waals surface area (Å²) in [6.07, 6.45) is 0. The topological polar surface area (TPSA) is 56.7 Å². The highest BCUT2D eigenvalue weighted by Crippen LogP contribution is 2.26. The maximum absolute atomic E-state index is 5.75. The maximum atomic E-state index is 5.75. The molecule has 0 saturated carbocycles. The number of nitrogens with two attached hydrogens (primary N) is 1. The quantitative estimate of drug-likeness (QED) is 0.940. The van der Waals surface area contributed by atoms with E-state index in [4.69, 9.17) is 5.73 Å². The van der Waals surface area contributed by atoms with Crippen molar-refractivity contribution in [1.82, 2.24) is 14.8 Å². The standard InChI is InChI=1S/C14H19BrN4/c1-9(2)8-19-13(7-16)17-18-14(19)12-5-4-11(15)6-10(12)3/h4-6,9H,7-8,16H2,1-3H3. The van der Waals surface area contributed by atoms with E-state index in [9.17, 15) is 0 Å². The lowest BCUT2D eigenvalue weighted by atomic mass is 10.1. The van der Waals surface area contributed by atoms with Crippen LogP contribution in [0.4, 0.5) is 0 Å². The molecule has 1 aromatic heterocycles. The first-order chi connectivity index (χ1) is 9.02. The fraction of sp³-hybridized carbons (Fsp3) is 0.429. The van der Waals surface area contributed by atoms with Crippen molar-refractivity contribution in [3.8, 4) is 11.4 Å². The molecule has 1 heterocycles. The number of hydrogen-bond acceptors (Lipinski definition) is 3. The summed E-state index contributed by atoms with van der Waals surface area (Å²) < 4.78 is 3.20. The lowest BCUT2D eigenvalue weighted by molar-refractivity contribution is 0.510. The molecule has 0 amide bonds. The zero-order valence-electron chi connectivity index (χ0n) is 11.5. The van der Waals surface area contributed by atoms with Crippen molar-refractivity contribution >= 4 is 15.9 Å². The fourth-order valence-electron chi connectivity index (χ4n) is 2.12. The largest absolute Gasteiger partial charge is 0.324 e. The molecule has 19 heavy (non-hydrogen) atoms. The first kappa shape index (κ1) is 14.2. The summed E-state index contributed by atoms with van der Waals surface area (Å²) in [4.78, 5) is 0. The summed E-state index contributed by atoms with van der Waals surface area (Å²) in [7, 11) is 0. The SMILES string of the molecule is Cc1cc(Br)ccc1-c1nnc(CN)n1CC(C)C. The van der Waals surface area contributed by atoms with E-state index in [0.29, 0.717) is 12.5 Å². The summed E-state index contributed by atoms with van der Waals surface area (Å²) in [5.41, 5.74) is 8.03. The van der Waals surface area contributed by atoms with E-state index in [1.54, 1.807) is 0 Å². The number of rotatable bonds is 4. The molecule has 0 atom stereocenters. The van der Waals surface area contributed by atoms with Crippen molar-refractivity contribution in [3.63, 3.8) is 0 Å². The summed E-state index contributed by atoms with van der Waals surface area (Å²) in [5.74, 6) is 2.26. The lowest BCUT2D eigenvalue weighted by Crippen LogP contribution is -2.13. The van der Waals surface area contributed by atoms with E-state index in [1.807, 2.05) is 6.07 Å². The Kier molecular flexibility index (Phi) is 4.37. The Bertz CT molecular complexity index is 575. The molecule has 5 heteroatoms. The fourth-order valence-corrected chi connectivity index (χ4v) is 2.60. The van der Waals surface area contributed by atoms with Gasteiger partial charge in [0.15, 0.2) is 5.82 Å². The zero-order chi connectivity index (χ0) is 14.0. The molecule has 2 aromatic rings. The predicted molar refractivity (Wildman–Crippen MR) is 80.6 cm³/mol. The molecule has 0 unspecified atom stereocenters. The van der Waals surface area contributed by atoms with Gasteiger partial charge in [-0.25, -0.2) is 0 Å². The van der Waals surface area contributed by atoms with Crippen LogP contribution in [0.25, 0.3) is 11.4 Å². The van der Waals surface area contributed by atoms with Gasteiger partial charge in [-0.1, -0.05) is 29.8 Å². The Morgan fingerprint density at radius 2 is 2.05 bits per heavy atom. The minimum absolute atomic E-state index is 0.412. The van der Waals surface area contributed by atoms with Gasteiger partial charge >= 0.3 is 0 Å². The highest BCUT2D eigenvalue weighted by Gasteiger charge is 2.15. The van der Waals surface area contributed by atoms with E-state index >= 15 is 0 Å². The molecule has 2 N–H and O–H groups in total.